The first-order chi connectivity index (χ1) is 9.52. The average molecular weight is 276 g/mol. The van der Waals surface area contributed by atoms with Gasteiger partial charge in [-0.1, -0.05) is 19.6 Å². The number of aliphatic hydroxyl groups is 1. The summed E-state index contributed by atoms with van der Waals surface area (Å²) in [6.07, 6.45) is 0.266. The van der Waals surface area contributed by atoms with Gasteiger partial charge in [0.05, 0.1) is 0 Å². The second kappa shape index (κ2) is 6.09. The number of rotatable bonds is 7. The SMILES string of the molecule is C=C(C)C(=O)OCC(O)COc1ccc2c(c1)C2CC. The smallest absolute Gasteiger partial charge is 0.333 e. The van der Waals surface area contributed by atoms with E-state index in [1.165, 1.54) is 11.1 Å². The van der Waals surface area contributed by atoms with E-state index in [-0.39, 0.29) is 13.2 Å². The van der Waals surface area contributed by atoms with Crippen molar-refractivity contribution in [3.8, 4) is 5.75 Å². The Kier molecular flexibility index (Phi) is 4.45. The molecular formula is C16H20O4. The van der Waals surface area contributed by atoms with Crippen molar-refractivity contribution in [3.63, 3.8) is 0 Å². The van der Waals surface area contributed by atoms with E-state index in [4.69, 9.17) is 9.47 Å². The lowest BCUT2D eigenvalue weighted by atomic mass is 10.2. The van der Waals surface area contributed by atoms with E-state index in [0.717, 1.165) is 12.2 Å². The summed E-state index contributed by atoms with van der Waals surface area (Å²) in [4.78, 5) is 11.2. The molecule has 0 bridgehead atoms. The van der Waals surface area contributed by atoms with Gasteiger partial charge in [0.25, 0.3) is 0 Å². The van der Waals surface area contributed by atoms with Crippen molar-refractivity contribution >= 4 is 5.97 Å². The summed E-state index contributed by atoms with van der Waals surface area (Å²) >= 11 is 0. The van der Waals surface area contributed by atoms with Gasteiger partial charge < -0.3 is 14.6 Å². The van der Waals surface area contributed by atoms with Crippen LogP contribution in [0.1, 0.15) is 37.3 Å². The molecule has 0 saturated carbocycles. The van der Waals surface area contributed by atoms with Crippen LogP contribution in [0.15, 0.2) is 30.4 Å². The Morgan fingerprint density at radius 3 is 2.80 bits per heavy atom. The third-order valence-electron chi connectivity index (χ3n) is 3.33. The number of hydrogen-bond donors (Lipinski definition) is 1. The topological polar surface area (TPSA) is 55.8 Å². The molecule has 0 spiro atoms. The van der Waals surface area contributed by atoms with Crippen LogP contribution in [0.4, 0.5) is 0 Å². The van der Waals surface area contributed by atoms with Crippen LogP contribution in [-0.2, 0) is 9.53 Å². The molecule has 1 aromatic carbocycles. The van der Waals surface area contributed by atoms with Gasteiger partial charge in [-0.15, -0.1) is 0 Å². The number of carbonyl (C=O) groups excluding carboxylic acids is 1. The monoisotopic (exact) mass is 276 g/mol. The van der Waals surface area contributed by atoms with E-state index in [0.29, 0.717) is 11.5 Å². The summed E-state index contributed by atoms with van der Waals surface area (Å²) in [7, 11) is 0. The van der Waals surface area contributed by atoms with Crippen molar-refractivity contribution in [2.24, 2.45) is 0 Å². The summed E-state index contributed by atoms with van der Waals surface area (Å²) in [5, 5.41) is 9.69. The summed E-state index contributed by atoms with van der Waals surface area (Å²) in [6, 6.07) is 5.98. The van der Waals surface area contributed by atoms with Gasteiger partial charge in [0, 0.05) is 11.5 Å². The second-order valence-electron chi connectivity index (χ2n) is 5.10. The molecule has 4 heteroatoms. The molecule has 2 unspecified atom stereocenters. The zero-order valence-corrected chi connectivity index (χ0v) is 11.9. The molecule has 2 atom stereocenters. The van der Waals surface area contributed by atoms with Crippen LogP contribution in [0.2, 0.25) is 0 Å². The lowest BCUT2D eigenvalue weighted by molar-refractivity contribution is -0.142. The maximum Gasteiger partial charge on any atom is 0.333 e. The molecule has 0 heterocycles. The van der Waals surface area contributed by atoms with E-state index in [9.17, 15) is 9.90 Å². The molecule has 1 aromatic rings. The van der Waals surface area contributed by atoms with Crippen molar-refractivity contribution in [2.45, 2.75) is 32.3 Å². The van der Waals surface area contributed by atoms with Crippen molar-refractivity contribution in [3.05, 3.63) is 41.5 Å². The van der Waals surface area contributed by atoms with Gasteiger partial charge in [-0.25, -0.2) is 4.79 Å². The minimum absolute atomic E-state index is 0.0891. The van der Waals surface area contributed by atoms with Gasteiger partial charge >= 0.3 is 5.97 Å². The molecular weight excluding hydrogens is 256 g/mol. The number of aliphatic hydroxyl groups excluding tert-OH is 1. The number of hydrogen-bond acceptors (Lipinski definition) is 4. The van der Waals surface area contributed by atoms with Gasteiger partial charge in [0.1, 0.15) is 25.1 Å². The largest absolute Gasteiger partial charge is 0.491 e. The Morgan fingerprint density at radius 2 is 2.15 bits per heavy atom. The highest BCUT2D eigenvalue weighted by Crippen LogP contribution is 2.47. The molecule has 108 valence electrons. The summed E-state index contributed by atoms with van der Waals surface area (Å²) < 4.78 is 10.4. The van der Waals surface area contributed by atoms with Gasteiger partial charge in [-0.3, -0.25) is 0 Å². The Hall–Kier alpha value is -1.81. The van der Waals surface area contributed by atoms with E-state index in [1.807, 2.05) is 12.1 Å². The van der Waals surface area contributed by atoms with Gasteiger partial charge in [0.15, 0.2) is 0 Å². The normalized spacial score (nSPS) is 17.1. The zero-order chi connectivity index (χ0) is 14.7. The van der Waals surface area contributed by atoms with Gasteiger partial charge in [-0.2, -0.15) is 0 Å². The fourth-order valence-electron chi connectivity index (χ4n) is 2.14. The molecule has 0 fully saturated rings. The third kappa shape index (κ3) is 3.39. The van der Waals surface area contributed by atoms with Crippen LogP contribution in [0.3, 0.4) is 0 Å². The van der Waals surface area contributed by atoms with E-state index in [2.05, 4.69) is 19.6 Å². The lowest BCUT2D eigenvalue weighted by Gasteiger charge is -2.12. The van der Waals surface area contributed by atoms with Gasteiger partial charge in [-0.05, 0) is 36.6 Å². The van der Waals surface area contributed by atoms with Crippen LogP contribution in [0.25, 0.3) is 0 Å². The molecule has 1 N–H and O–H groups in total. The minimum Gasteiger partial charge on any atom is -0.491 e. The van der Waals surface area contributed by atoms with Crippen molar-refractivity contribution < 1.29 is 19.4 Å². The highest BCUT2D eigenvalue weighted by Gasteiger charge is 2.30. The summed E-state index contributed by atoms with van der Waals surface area (Å²) in [6.45, 7) is 7.20. The quantitative estimate of drug-likeness (QED) is 0.614. The molecule has 0 radical (unpaired) electrons. The Morgan fingerprint density at radius 1 is 1.40 bits per heavy atom. The summed E-state index contributed by atoms with van der Waals surface area (Å²) in [5.74, 6) is 0.818. The fourth-order valence-corrected chi connectivity index (χ4v) is 2.14. The average Bonchev–Trinajstić information content (AvgIpc) is 3.14. The van der Waals surface area contributed by atoms with Crippen molar-refractivity contribution in [1.82, 2.24) is 0 Å². The molecule has 0 aliphatic heterocycles. The second-order valence-corrected chi connectivity index (χ2v) is 5.10. The van der Waals surface area contributed by atoms with Gasteiger partial charge in [0.2, 0.25) is 0 Å². The van der Waals surface area contributed by atoms with E-state index < -0.39 is 12.1 Å². The van der Waals surface area contributed by atoms with Crippen LogP contribution in [0, 0.1) is 0 Å². The third-order valence-corrected chi connectivity index (χ3v) is 3.33. The highest BCUT2D eigenvalue weighted by atomic mass is 16.5. The fraction of sp³-hybridized carbons (Fsp3) is 0.438. The standard InChI is InChI=1S/C16H20O4/c1-4-13-14-6-5-12(7-15(13)14)19-8-11(17)9-20-16(18)10(2)3/h5-7,11,13,17H,2,4,8-9H2,1,3H3. The number of carbonyl (C=O) groups is 1. The van der Waals surface area contributed by atoms with Crippen LogP contribution in [-0.4, -0.2) is 30.4 Å². The number of benzene rings is 1. The minimum atomic E-state index is -0.843. The number of ether oxygens (including phenoxy) is 2. The predicted molar refractivity (Wildman–Crippen MR) is 75.9 cm³/mol. The molecule has 0 saturated heterocycles. The first kappa shape index (κ1) is 14.6. The van der Waals surface area contributed by atoms with E-state index >= 15 is 0 Å². The molecule has 0 aromatic heterocycles. The lowest BCUT2D eigenvalue weighted by Crippen LogP contribution is -2.25. The van der Waals surface area contributed by atoms with Crippen LogP contribution >= 0.6 is 0 Å². The van der Waals surface area contributed by atoms with E-state index in [1.54, 1.807) is 6.92 Å². The van der Waals surface area contributed by atoms with Crippen LogP contribution < -0.4 is 4.74 Å². The zero-order valence-electron chi connectivity index (χ0n) is 11.9. The molecule has 0 amide bonds. The molecule has 20 heavy (non-hydrogen) atoms. The first-order valence-corrected chi connectivity index (χ1v) is 6.80. The van der Waals surface area contributed by atoms with Crippen molar-refractivity contribution in [2.75, 3.05) is 13.2 Å². The molecule has 1 aliphatic rings. The highest BCUT2D eigenvalue weighted by molar-refractivity contribution is 5.86. The first-order valence-electron chi connectivity index (χ1n) is 6.80. The Balaban J connectivity index is 1.74. The molecule has 2 rings (SSSR count). The van der Waals surface area contributed by atoms with Crippen molar-refractivity contribution in [1.29, 1.82) is 0 Å². The summed E-state index contributed by atoms with van der Waals surface area (Å²) in [5.41, 5.74) is 3.03. The molecule has 1 aliphatic carbocycles. The Labute approximate surface area is 119 Å². The number of fused-ring (bicyclic) bond motifs is 1. The maximum atomic E-state index is 11.2. The predicted octanol–water partition coefficient (Wildman–Crippen LogP) is 2.40. The number of esters is 1. The van der Waals surface area contributed by atoms with Crippen LogP contribution in [0.5, 0.6) is 5.75 Å². The Bertz CT molecular complexity index is 521. The molecule has 4 nitrogen and oxygen atoms in total. The maximum absolute atomic E-state index is 11.2.